The molecule has 0 atom stereocenters. The molecule has 0 spiro atoms. The van der Waals surface area contributed by atoms with Crippen molar-refractivity contribution in [3.05, 3.63) is 23.8 Å². The standard InChI is InChI=1S/C19H27NS/c1-13-17(20)3-2-4-18(13)21-6-5-19-10-14-7-15(11-19)9-16(8-14)12-19/h2-4,14-16H,5-12,20H2,1H3. The zero-order valence-corrected chi connectivity index (χ0v) is 13.9. The molecule has 4 aliphatic carbocycles. The molecule has 4 fully saturated rings. The molecule has 1 aromatic rings. The summed E-state index contributed by atoms with van der Waals surface area (Å²) in [6.45, 7) is 2.16. The van der Waals surface area contributed by atoms with E-state index in [0.29, 0.717) is 0 Å². The van der Waals surface area contributed by atoms with E-state index < -0.39 is 0 Å². The van der Waals surface area contributed by atoms with Crippen LogP contribution in [0.2, 0.25) is 0 Å². The van der Waals surface area contributed by atoms with Gasteiger partial charge in [-0.3, -0.25) is 0 Å². The summed E-state index contributed by atoms with van der Waals surface area (Å²) in [6, 6.07) is 6.34. The van der Waals surface area contributed by atoms with Crippen LogP contribution in [0, 0.1) is 30.1 Å². The van der Waals surface area contributed by atoms with Crippen LogP contribution in [0.3, 0.4) is 0 Å². The van der Waals surface area contributed by atoms with Gasteiger partial charge in [-0.1, -0.05) is 6.07 Å². The summed E-state index contributed by atoms with van der Waals surface area (Å²) < 4.78 is 0. The highest BCUT2D eigenvalue weighted by Crippen LogP contribution is 2.61. The van der Waals surface area contributed by atoms with Crippen molar-refractivity contribution in [2.75, 3.05) is 11.5 Å². The molecule has 4 aliphatic rings. The zero-order chi connectivity index (χ0) is 14.4. The van der Waals surface area contributed by atoms with Crippen LogP contribution >= 0.6 is 11.8 Å². The molecule has 0 aromatic heterocycles. The van der Waals surface area contributed by atoms with Crippen LogP contribution in [0.1, 0.15) is 50.5 Å². The number of hydrogen-bond donors (Lipinski definition) is 1. The molecule has 0 aliphatic heterocycles. The van der Waals surface area contributed by atoms with E-state index in [1.165, 1.54) is 41.9 Å². The molecule has 0 saturated heterocycles. The molecule has 4 saturated carbocycles. The quantitative estimate of drug-likeness (QED) is 0.605. The normalized spacial score (nSPS) is 37.1. The monoisotopic (exact) mass is 301 g/mol. The van der Waals surface area contributed by atoms with Crippen molar-refractivity contribution in [3.63, 3.8) is 0 Å². The first-order valence-corrected chi connectivity index (χ1v) is 9.60. The smallest absolute Gasteiger partial charge is 0.0354 e. The second-order valence-corrected chi connectivity index (χ2v) is 9.12. The lowest BCUT2D eigenvalue weighted by Gasteiger charge is -2.57. The number of hydrogen-bond acceptors (Lipinski definition) is 2. The van der Waals surface area contributed by atoms with Crippen molar-refractivity contribution in [1.82, 2.24) is 0 Å². The van der Waals surface area contributed by atoms with Crippen LogP contribution in [0.25, 0.3) is 0 Å². The summed E-state index contributed by atoms with van der Waals surface area (Å²) >= 11 is 2.03. The summed E-state index contributed by atoms with van der Waals surface area (Å²) in [6.07, 6.45) is 10.7. The van der Waals surface area contributed by atoms with Crippen molar-refractivity contribution >= 4 is 17.4 Å². The number of nitrogen functional groups attached to an aromatic ring is 1. The molecule has 0 amide bonds. The van der Waals surface area contributed by atoms with Gasteiger partial charge in [-0.2, -0.15) is 0 Å². The molecule has 2 heteroatoms. The SMILES string of the molecule is Cc1c(N)cccc1SCCC12CC3CC(CC(C3)C1)C2. The molecule has 5 rings (SSSR count). The topological polar surface area (TPSA) is 26.0 Å². The van der Waals surface area contributed by atoms with E-state index in [2.05, 4.69) is 19.1 Å². The van der Waals surface area contributed by atoms with E-state index in [-0.39, 0.29) is 0 Å². The van der Waals surface area contributed by atoms with Gasteiger partial charge < -0.3 is 5.73 Å². The lowest BCUT2D eigenvalue weighted by Crippen LogP contribution is -2.46. The van der Waals surface area contributed by atoms with E-state index in [0.717, 1.165) is 28.9 Å². The maximum Gasteiger partial charge on any atom is 0.0354 e. The fraction of sp³-hybridized carbons (Fsp3) is 0.684. The highest BCUT2D eigenvalue weighted by atomic mass is 32.2. The summed E-state index contributed by atoms with van der Waals surface area (Å²) in [5.41, 5.74) is 8.95. The van der Waals surface area contributed by atoms with E-state index in [9.17, 15) is 0 Å². The lowest BCUT2D eigenvalue weighted by molar-refractivity contribution is -0.0538. The first-order chi connectivity index (χ1) is 10.1. The van der Waals surface area contributed by atoms with Crippen molar-refractivity contribution in [1.29, 1.82) is 0 Å². The Morgan fingerprint density at radius 1 is 1.10 bits per heavy atom. The summed E-state index contributed by atoms with van der Waals surface area (Å²) in [5.74, 6) is 4.51. The Kier molecular flexibility index (Phi) is 3.48. The van der Waals surface area contributed by atoms with Gasteiger partial charge in [0, 0.05) is 10.6 Å². The molecule has 0 unspecified atom stereocenters. The van der Waals surface area contributed by atoms with E-state index in [1.807, 2.05) is 17.8 Å². The first kappa shape index (κ1) is 14.0. The Hall–Kier alpha value is -0.630. The van der Waals surface area contributed by atoms with Crippen LogP contribution in [0.5, 0.6) is 0 Å². The van der Waals surface area contributed by atoms with Gasteiger partial charge in [0.05, 0.1) is 0 Å². The molecule has 114 valence electrons. The molecule has 1 aromatic carbocycles. The van der Waals surface area contributed by atoms with Gasteiger partial charge in [0.1, 0.15) is 0 Å². The van der Waals surface area contributed by atoms with E-state index in [1.54, 1.807) is 19.3 Å². The highest BCUT2D eigenvalue weighted by molar-refractivity contribution is 7.99. The lowest BCUT2D eigenvalue weighted by atomic mass is 9.49. The maximum absolute atomic E-state index is 6.03. The molecule has 1 nitrogen and oxygen atoms in total. The highest BCUT2D eigenvalue weighted by Gasteiger charge is 2.50. The van der Waals surface area contributed by atoms with Gasteiger partial charge in [-0.05, 0) is 98.5 Å². The zero-order valence-electron chi connectivity index (χ0n) is 13.1. The average molecular weight is 301 g/mol. The second kappa shape index (κ2) is 5.22. The third-order valence-corrected chi connectivity index (χ3v) is 7.54. The average Bonchev–Trinajstić information content (AvgIpc) is 2.42. The fourth-order valence-corrected chi connectivity index (χ4v) is 7.03. The first-order valence-electron chi connectivity index (χ1n) is 8.61. The van der Waals surface area contributed by atoms with Gasteiger partial charge in [0.2, 0.25) is 0 Å². The van der Waals surface area contributed by atoms with Crippen molar-refractivity contribution in [3.8, 4) is 0 Å². The molecule has 2 N–H and O–H groups in total. The Labute approximate surface area is 133 Å². The summed E-state index contributed by atoms with van der Waals surface area (Å²) in [7, 11) is 0. The number of thioether (sulfide) groups is 1. The largest absolute Gasteiger partial charge is 0.398 e. The molecule has 0 radical (unpaired) electrons. The minimum absolute atomic E-state index is 0.718. The molecular weight excluding hydrogens is 274 g/mol. The number of rotatable bonds is 4. The van der Waals surface area contributed by atoms with Gasteiger partial charge in [-0.25, -0.2) is 0 Å². The van der Waals surface area contributed by atoms with Crippen LogP contribution in [0.15, 0.2) is 23.1 Å². The van der Waals surface area contributed by atoms with Crippen molar-refractivity contribution in [2.24, 2.45) is 23.2 Å². The Morgan fingerprint density at radius 2 is 1.71 bits per heavy atom. The number of anilines is 1. The third-order valence-electron chi connectivity index (χ3n) is 6.38. The van der Waals surface area contributed by atoms with Gasteiger partial charge in [0.15, 0.2) is 0 Å². The third kappa shape index (κ3) is 2.60. The summed E-state index contributed by atoms with van der Waals surface area (Å²) in [5, 5.41) is 0. The van der Waals surface area contributed by atoms with E-state index in [4.69, 9.17) is 5.73 Å². The number of nitrogens with two attached hydrogens (primary N) is 1. The van der Waals surface area contributed by atoms with Crippen LogP contribution in [-0.4, -0.2) is 5.75 Å². The predicted molar refractivity (Wildman–Crippen MR) is 91.5 cm³/mol. The molecule has 0 heterocycles. The van der Waals surface area contributed by atoms with Crippen LogP contribution < -0.4 is 5.73 Å². The van der Waals surface area contributed by atoms with Gasteiger partial charge in [0.25, 0.3) is 0 Å². The maximum atomic E-state index is 6.03. The molecule has 21 heavy (non-hydrogen) atoms. The van der Waals surface area contributed by atoms with Gasteiger partial charge >= 0.3 is 0 Å². The van der Waals surface area contributed by atoms with Crippen LogP contribution in [-0.2, 0) is 0 Å². The Morgan fingerprint density at radius 3 is 2.33 bits per heavy atom. The van der Waals surface area contributed by atoms with Gasteiger partial charge in [-0.15, -0.1) is 11.8 Å². The Bertz CT molecular complexity index is 501. The fourth-order valence-electron chi connectivity index (χ4n) is 5.76. The van der Waals surface area contributed by atoms with Crippen LogP contribution in [0.4, 0.5) is 5.69 Å². The number of benzene rings is 1. The van der Waals surface area contributed by atoms with Crippen molar-refractivity contribution < 1.29 is 0 Å². The molecular formula is C19H27NS. The second-order valence-electron chi connectivity index (χ2n) is 7.99. The minimum Gasteiger partial charge on any atom is -0.398 e. The molecule has 4 bridgehead atoms. The predicted octanol–water partition coefficient (Wildman–Crippen LogP) is 5.28. The van der Waals surface area contributed by atoms with E-state index >= 15 is 0 Å². The summed E-state index contributed by atoms with van der Waals surface area (Å²) in [4.78, 5) is 1.39. The Balaban J connectivity index is 1.40. The minimum atomic E-state index is 0.718. The van der Waals surface area contributed by atoms with Crippen molar-refractivity contribution in [2.45, 2.75) is 56.8 Å².